The molecule has 2 N–H and O–H groups in total. The van der Waals surface area contributed by atoms with Crippen LogP contribution in [0.5, 0.6) is 0 Å². The Morgan fingerprint density at radius 1 is 1.31 bits per heavy atom. The molecule has 0 radical (unpaired) electrons. The monoisotopic (exact) mass is 237 g/mol. The van der Waals surface area contributed by atoms with Crippen LogP contribution in [-0.4, -0.2) is 17.6 Å². The van der Waals surface area contributed by atoms with Crippen LogP contribution in [0.15, 0.2) is 30.3 Å². The number of carbonyl (C=O) groups excluding carboxylic acids is 1. The highest BCUT2D eigenvalue weighted by atomic mass is 32.2. The maximum atomic E-state index is 11.5. The van der Waals surface area contributed by atoms with E-state index in [1.807, 2.05) is 32.0 Å². The van der Waals surface area contributed by atoms with Gasteiger partial charge in [0, 0.05) is 17.4 Å². The van der Waals surface area contributed by atoms with Crippen molar-refractivity contribution in [1.82, 2.24) is 0 Å². The fourth-order valence-electron chi connectivity index (χ4n) is 1.39. The SMILES string of the molecule is CC(C)C(=O)C(N)CSCc1ccccc1. The first-order chi connectivity index (χ1) is 7.61. The average Bonchev–Trinajstić information content (AvgIpc) is 2.29. The lowest BCUT2D eigenvalue weighted by atomic mass is 10.0. The molecule has 16 heavy (non-hydrogen) atoms. The van der Waals surface area contributed by atoms with Crippen molar-refractivity contribution >= 4 is 17.5 Å². The first-order valence-corrected chi connectivity index (χ1v) is 6.67. The summed E-state index contributed by atoms with van der Waals surface area (Å²) in [6, 6.07) is 9.89. The average molecular weight is 237 g/mol. The number of carbonyl (C=O) groups is 1. The van der Waals surface area contributed by atoms with E-state index in [1.54, 1.807) is 11.8 Å². The molecule has 1 atom stereocenters. The standard InChI is InChI=1S/C13H19NOS/c1-10(2)13(15)12(14)9-16-8-11-6-4-3-5-7-11/h3-7,10,12H,8-9,14H2,1-2H3. The fraction of sp³-hybridized carbons (Fsp3) is 0.462. The van der Waals surface area contributed by atoms with Crippen molar-refractivity contribution in [2.45, 2.75) is 25.6 Å². The second-order valence-corrected chi connectivity index (χ2v) is 5.19. The molecule has 0 bridgehead atoms. The summed E-state index contributed by atoms with van der Waals surface area (Å²) in [4.78, 5) is 11.5. The van der Waals surface area contributed by atoms with Crippen LogP contribution in [0.4, 0.5) is 0 Å². The molecule has 0 saturated heterocycles. The van der Waals surface area contributed by atoms with Crippen LogP contribution < -0.4 is 5.73 Å². The minimum absolute atomic E-state index is 0.0346. The Hall–Kier alpha value is -0.800. The minimum atomic E-state index is -0.325. The van der Waals surface area contributed by atoms with E-state index in [2.05, 4.69) is 12.1 Å². The molecule has 0 heterocycles. The smallest absolute Gasteiger partial charge is 0.152 e. The summed E-state index contributed by atoms with van der Waals surface area (Å²) < 4.78 is 0. The van der Waals surface area contributed by atoms with Gasteiger partial charge in [0.05, 0.1) is 6.04 Å². The second kappa shape index (κ2) is 6.71. The summed E-state index contributed by atoms with van der Waals surface area (Å²) in [5, 5.41) is 0. The van der Waals surface area contributed by atoms with Gasteiger partial charge in [-0.3, -0.25) is 4.79 Å². The maximum absolute atomic E-state index is 11.5. The lowest BCUT2D eigenvalue weighted by Gasteiger charge is -2.12. The summed E-state index contributed by atoms with van der Waals surface area (Å²) in [5.41, 5.74) is 7.09. The Morgan fingerprint density at radius 3 is 2.50 bits per heavy atom. The van der Waals surface area contributed by atoms with E-state index >= 15 is 0 Å². The predicted octanol–water partition coefficient (Wildman–Crippen LogP) is 2.47. The van der Waals surface area contributed by atoms with Crippen molar-refractivity contribution in [3.05, 3.63) is 35.9 Å². The van der Waals surface area contributed by atoms with Crippen LogP contribution in [0.2, 0.25) is 0 Å². The van der Waals surface area contributed by atoms with Crippen molar-refractivity contribution in [2.75, 3.05) is 5.75 Å². The summed E-state index contributed by atoms with van der Waals surface area (Å²) in [5.74, 6) is 1.80. The zero-order chi connectivity index (χ0) is 12.0. The molecule has 1 rings (SSSR count). The molecular formula is C13H19NOS. The molecule has 1 unspecified atom stereocenters. The van der Waals surface area contributed by atoms with Gasteiger partial charge in [0.1, 0.15) is 0 Å². The molecule has 88 valence electrons. The van der Waals surface area contributed by atoms with Crippen molar-refractivity contribution < 1.29 is 4.79 Å². The van der Waals surface area contributed by atoms with Gasteiger partial charge in [-0.05, 0) is 5.56 Å². The Labute approximate surface area is 102 Å². The minimum Gasteiger partial charge on any atom is -0.321 e. The van der Waals surface area contributed by atoms with Gasteiger partial charge in [-0.25, -0.2) is 0 Å². The molecule has 0 saturated carbocycles. The third-order valence-corrected chi connectivity index (χ3v) is 3.48. The normalized spacial score (nSPS) is 12.8. The van der Waals surface area contributed by atoms with Gasteiger partial charge >= 0.3 is 0 Å². The van der Waals surface area contributed by atoms with Crippen LogP contribution in [-0.2, 0) is 10.5 Å². The number of thioether (sulfide) groups is 1. The second-order valence-electron chi connectivity index (χ2n) is 4.16. The van der Waals surface area contributed by atoms with Crippen molar-refractivity contribution in [3.63, 3.8) is 0 Å². The fourth-order valence-corrected chi connectivity index (χ4v) is 2.35. The number of hydrogen-bond acceptors (Lipinski definition) is 3. The van der Waals surface area contributed by atoms with E-state index in [-0.39, 0.29) is 17.7 Å². The number of Topliss-reactive ketones (excluding diaryl/α,β-unsaturated/α-hetero) is 1. The summed E-state index contributed by atoms with van der Waals surface area (Å²) in [7, 11) is 0. The number of nitrogens with two attached hydrogens (primary N) is 1. The molecule has 1 aromatic rings. The van der Waals surface area contributed by atoms with E-state index in [9.17, 15) is 4.79 Å². The lowest BCUT2D eigenvalue weighted by molar-refractivity contribution is -0.122. The first-order valence-electron chi connectivity index (χ1n) is 5.52. The Balaban J connectivity index is 2.28. The summed E-state index contributed by atoms with van der Waals surface area (Å²) in [6.45, 7) is 3.79. The van der Waals surface area contributed by atoms with Gasteiger partial charge in [0.15, 0.2) is 5.78 Å². The Kier molecular flexibility index (Phi) is 5.56. The number of ketones is 1. The molecule has 0 aliphatic heterocycles. The third-order valence-electron chi connectivity index (χ3n) is 2.34. The van der Waals surface area contributed by atoms with Gasteiger partial charge in [0.25, 0.3) is 0 Å². The van der Waals surface area contributed by atoms with Gasteiger partial charge in [-0.2, -0.15) is 11.8 Å². The number of hydrogen-bond donors (Lipinski definition) is 1. The largest absolute Gasteiger partial charge is 0.321 e. The van der Waals surface area contributed by atoms with Crippen LogP contribution in [0.25, 0.3) is 0 Å². The topological polar surface area (TPSA) is 43.1 Å². The summed E-state index contributed by atoms with van der Waals surface area (Å²) >= 11 is 1.71. The predicted molar refractivity (Wildman–Crippen MR) is 70.4 cm³/mol. The highest BCUT2D eigenvalue weighted by Gasteiger charge is 2.16. The van der Waals surface area contributed by atoms with Crippen molar-refractivity contribution in [2.24, 2.45) is 11.7 Å². The van der Waals surface area contributed by atoms with Crippen molar-refractivity contribution in [3.8, 4) is 0 Å². The van der Waals surface area contributed by atoms with E-state index in [4.69, 9.17) is 5.73 Å². The molecule has 0 aliphatic rings. The zero-order valence-corrected chi connectivity index (χ0v) is 10.7. The van der Waals surface area contributed by atoms with E-state index in [1.165, 1.54) is 5.56 Å². The first kappa shape index (κ1) is 13.3. The van der Waals surface area contributed by atoms with Crippen LogP contribution in [0, 0.1) is 5.92 Å². The quantitative estimate of drug-likeness (QED) is 0.826. The van der Waals surface area contributed by atoms with E-state index in [0.29, 0.717) is 5.75 Å². The van der Waals surface area contributed by atoms with Gasteiger partial charge in [-0.1, -0.05) is 44.2 Å². The molecule has 0 amide bonds. The van der Waals surface area contributed by atoms with Crippen LogP contribution in [0.1, 0.15) is 19.4 Å². The molecule has 1 aromatic carbocycles. The summed E-state index contributed by atoms with van der Waals surface area (Å²) in [6.07, 6.45) is 0. The Morgan fingerprint density at radius 2 is 1.94 bits per heavy atom. The lowest BCUT2D eigenvalue weighted by Crippen LogP contribution is -2.35. The van der Waals surface area contributed by atoms with Gasteiger partial charge < -0.3 is 5.73 Å². The molecule has 0 spiro atoms. The molecule has 0 aliphatic carbocycles. The van der Waals surface area contributed by atoms with Crippen LogP contribution in [0.3, 0.4) is 0 Å². The zero-order valence-electron chi connectivity index (χ0n) is 9.85. The highest BCUT2D eigenvalue weighted by Crippen LogP contribution is 2.13. The molecule has 2 nitrogen and oxygen atoms in total. The van der Waals surface area contributed by atoms with E-state index in [0.717, 1.165) is 5.75 Å². The maximum Gasteiger partial charge on any atom is 0.152 e. The number of rotatable bonds is 6. The van der Waals surface area contributed by atoms with Crippen LogP contribution >= 0.6 is 11.8 Å². The third kappa shape index (κ3) is 4.37. The molecule has 0 aromatic heterocycles. The molecule has 0 fully saturated rings. The number of benzene rings is 1. The molecular weight excluding hydrogens is 218 g/mol. The van der Waals surface area contributed by atoms with Gasteiger partial charge in [0.2, 0.25) is 0 Å². The van der Waals surface area contributed by atoms with E-state index < -0.39 is 0 Å². The van der Waals surface area contributed by atoms with Gasteiger partial charge in [-0.15, -0.1) is 0 Å². The van der Waals surface area contributed by atoms with Crippen molar-refractivity contribution in [1.29, 1.82) is 0 Å². The Bertz CT molecular complexity index is 324. The molecule has 3 heteroatoms. The highest BCUT2D eigenvalue weighted by molar-refractivity contribution is 7.98.